The number of rotatable bonds is 10. The Labute approximate surface area is 185 Å². The lowest BCUT2D eigenvalue weighted by atomic mass is 10.1. The van der Waals surface area contributed by atoms with Crippen LogP contribution in [0.2, 0.25) is 0 Å². The number of anilines is 1. The zero-order valence-electron chi connectivity index (χ0n) is 16.8. The van der Waals surface area contributed by atoms with Crippen LogP contribution in [0, 0.1) is 0 Å². The minimum Gasteiger partial charge on any atom is -0.493 e. The predicted octanol–water partition coefficient (Wildman–Crippen LogP) is 5.95. The summed E-state index contributed by atoms with van der Waals surface area (Å²) in [7, 11) is 0. The molecule has 1 N–H and O–H groups in total. The van der Waals surface area contributed by atoms with E-state index in [9.17, 15) is 4.79 Å². The summed E-state index contributed by atoms with van der Waals surface area (Å²) < 4.78 is 18.0. The van der Waals surface area contributed by atoms with Gasteiger partial charge in [-0.1, -0.05) is 53.2 Å². The first-order valence-electron chi connectivity index (χ1n) is 9.80. The van der Waals surface area contributed by atoms with E-state index in [0.29, 0.717) is 42.6 Å². The molecule has 30 heavy (non-hydrogen) atoms. The van der Waals surface area contributed by atoms with Crippen LogP contribution in [0.15, 0.2) is 77.3 Å². The maximum atomic E-state index is 12.9. The van der Waals surface area contributed by atoms with Crippen molar-refractivity contribution in [2.24, 2.45) is 0 Å². The van der Waals surface area contributed by atoms with E-state index in [1.807, 2.05) is 61.5 Å². The van der Waals surface area contributed by atoms with Gasteiger partial charge in [-0.15, -0.1) is 0 Å². The van der Waals surface area contributed by atoms with E-state index in [-0.39, 0.29) is 5.91 Å². The highest BCUT2D eigenvalue weighted by Gasteiger charge is 2.15. The Bertz CT molecular complexity index is 962. The first-order valence-corrected chi connectivity index (χ1v) is 10.6. The lowest BCUT2D eigenvalue weighted by molar-refractivity contribution is 0.102. The molecule has 0 bridgehead atoms. The number of hydrogen-bond acceptors (Lipinski definition) is 4. The van der Waals surface area contributed by atoms with E-state index in [2.05, 4.69) is 21.2 Å². The zero-order valence-corrected chi connectivity index (χ0v) is 18.4. The number of nitrogens with one attached hydrogen (secondary N) is 1. The number of ether oxygens (including phenoxy) is 3. The highest BCUT2D eigenvalue weighted by atomic mass is 79.9. The summed E-state index contributed by atoms with van der Waals surface area (Å²) in [4.78, 5) is 12.9. The number of carbonyl (C=O) groups excluding carboxylic acids is 1. The van der Waals surface area contributed by atoms with Crippen LogP contribution in [0.3, 0.4) is 0 Å². The van der Waals surface area contributed by atoms with E-state index in [4.69, 9.17) is 14.2 Å². The molecule has 0 aromatic heterocycles. The largest absolute Gasteiger partial charge is 0.493 e. The number of halogens is 1. The summed E-state index contributed by atoms with van der Waals surface area (Å²) in [6.45, 7) is 3.31. The van der Waals surface area contributed by atoms with Crippen molar-refractivity contribution in [3.05, 3.63) is 82.8 Å². The summed E-state index contributed by atoms with van der Waals surface area (Å²) in [6.07, 6.45) is 0.860. The van der Waals surface area contributed by atoms with E-state index in [1.165, 1.54) is 0 Å². The van der Waals surface area contributed by atoms with Gasteiger partial charge >= 0.3 is 0 Å². The van der Waals surface area contributed by atoms with Gasteiger partial charge in [-0.05, 0) is 48.9 Å². The third-order valence-corrected chi connectivity index (χ3v) is 4.63. The van der Waals surface area contributed by atoms with Crippen LogP contribution in [0.1, 0.15) is 23.7 Å². The summed E-state index contributed by atoms with van der Waals surface area (Å²) in [5, 5.41) is 2.92. The molecule has 0 atom stereocenters. The van der Waals surface area contributed by atoms with Gasteiger partial charge in [-0.2, -0.15) is 0 Å². The van der Waals surface area contributed by atoms with Crippen molar-refractivity contribution in [3.8, 4) is 17.2 Å². The smallest absolute Gasteiger partial charge is 0.259 e. The molecule has 3 aromatic rings. The van der Waals surface area contributed by atoms with Crippen molar-refractivity contribution in [3.63, 3.8) is 0 Å². The first kappa shape index (κ1) is 21.7. The molecular formula is C24H24BrNO4. The monoisotopic (exact) mass is 469 g/mol. The Hall–Kier alpha value is -2.99. The number of para-hydroxylation sites is 3. The maximum absolute atomic E-state index is 12.9. The maximum Gasteiger partial charge on any atom is 0.259 e. The van der Waals surface area contributed by atoms with Crippen LogP contribution in [-0.4, -0.2) is 25.7 Å². The van der Waals surface area contributed by atoms with Crippen molar-refractivity contribution in [2.45, 2.75) is 13.3 Å². The Morgan fingerprint density at radius 1 is 0.833 bits per heavy atom. The van der Waals surface area contributed by atoms with Gasteiger partial charge < -0.3 is 19.5 Å². The zero-order chi connectivity index (χ0) is 21.2. The molecule has 0 radical (unpaired) electrons. The van der Waals surface area contributed by atoms with Crippen LogP contribution in [-0.2, 0) is 0 Å². The number of amides is 1. The quantitative estimate of drug-likeness (QED) is 0.372. The molecule has 0 fully saturated rings. The van der Waals surface area contributed by atoms with Crippen molar-refractivity contribution in [2.75, 3.05) is 25.1 Å². The van der Waals surface area contributed by atoms with Crippen LogP contribution >= 0.6 is 15.9 Å². The van der Waals surface area contributed by atoms with Crippen LogP contribution in [0.25, 0.3) is 0 Å². The Morgan fingerprint density at radius 3 is 2.33 bits per heavy atom. The fourth-order valence-corrected chi connectivity index (χ4v) is 3.09. The molecule has 0 heterocycles. The molecule has 0 spiro atoms. The van der Waals surface area contributed by atoms with Crippen molar-refractivity contribution in [1.29, 1.82) is 0 Å². The molecule has 0 aliphatic carbocycles. The van der Waals surface area contributed by atoms with Crippen LogP contribution < -0.4 is 19.5 Å². The highest BCUT2D eigenvalue weighted by molar-refractivity contribution is 9.10. The summed E-state index contributed by atoms with van der Waals surface area (Å²) in [5.41, 5.74) is 1.05. The first-order chi connectivity index (χ1) is 14.7. The van der Waals surface area contributed by atoms with Crippen molar-refractivity contribution >= 4 is 27.5 Å². The van der Waals surface area contributed by atoms with Crippen molar-refractivity contribution in [1.82, 2.24) is 0 Å². The molecule has 3 aromatic carbocycles. The number of hydrogen-bond donors (Lipinski definition) is 1. The second kappa shape index (κ2) is 11.3. The Kier molecular flexibility index (Phi) is 8.15. The van der Waals surface area contributed by atoms with Gasteiger partial charge in [0, 0.05) is 4.47 Å². The summed E-state index contributed by atoms with van der Waals surface area (Å²) in [6, 6.07) is 22.3. The average molecular weight is 470 g/mol. The third-order valence-electron chi connectivity index (χ3n) is 4.14. The lowest BCUT2D eigenvalue weighted by Gasteiger charge is -2.15. The topological polar surface area (TPSA) is 56.8 Å². The Balaban J connectivity index is 1.64. The van der Waals surface area contributed by atoms with E-state index < -0.39 is 0 Å². The normalized spacial score (nSPS) is 10.3. The molecule has 1 amide bonds. The van der Waals surface area contributed by atoms with E-state index >= 15 is 0 Å². The fourth-order valence-electron chi connectivity index (χ4n) is 2.73. The van der Waals surface area contributed by atoms with Gasteiger partial charge in [0.25, 0.3) is 5.91 Å². The average Bonchev–Trinajstić information content (AvgIpc) is 2.77. The van der Waals surface area contributed by atoms with Gasteiger partial charge in [0.1, 0.15) is 30.5 Å². The lowest BCUT2D eigenvalue weighted by Crippen LogP contribution is -2.16. The summed E-state index contributed by atoms with van der Waals surface area (Å²) >= 11 is 3.42. The van der Waals surface area contributed by atoms with E-state index in [0.717, 1.165) is 16.6 Å². The number of carbonyl (C=O) groups is 1. The molecular weight excluding hydrogens is 446 g/mol. The molecule has 0 saturated carbocycles. The van der Waals surface area contributed by atoms with Crippen molar-refractivity contribution < 1.29 is 19.0 Å². The molecule has 0 saturated heterocycles. The Morgan fingerprint density at radius 2 is 1.53 bits per heavy atom. The molecule has 0 aliphatic rings. The van der Waals surface area contributed by atoms with Gasteiger partial charge in [0.05, 0.1) is 17.9 Å². The molecule has 5 nitrogen and oxygen atoms in total. The van der Waals surface area contributed by atoms with Gasteiger partial charge in [-0.3, -0.25) is 4.79 Å². The van der Waals surface area contributed by atoms with Crippen LogP contribution in [0.5, 0.6) is 17.2 Å². The molecule has 3 rings (SSSR count). The third kappa shape index (κ3) is 6.26. The van der Waals surface area contributed by atoms with Gasteiger partial charge in [-0.25, -0.2) is 0 Å². The minimum atomic E-state index is -0.265. The van der Waals surface area contributed by atoms with Crippen LogP contribution in [0.4, 0.5) is 5.69 Å². The SMILES string of the molecule is CCCOc1ccc(Br)cc1C(=O)Nc1ccccc1OCCOc1ccccc1. The van der Waals surface area contributed by atoms with Gasteiger partial charge in [0.2, 0.25) is 0 Å². The second-order valence-electron chi connectivity index (χ2n) is 6.45. The predicted molar refractivity (Wildman–Crippen MR) is 122 cm³/mol. The molecule has 6 heteroatoms. The molecule has 0 aliphatic heterocycles. The summed E-state index contributed by atoms with van der Waals surface area (Å²) in [5.74, 6) is 1.65. The second-order valence-corrected chi connectivity index (χ2v) is 7.36. The van der Waals surface area contributed by atoms with Gasteiger partial charge in [0.15, 0.2) is 0 Å². The number of benzene rings is 3. The standard InChI is InChI=1S/C24H24BrNO4/c1-2-14-29-22-13-12-18(25)17-20(22)24(27)26-21-10-6-7-11-23(21)30-16-15-28-19-8-4-3-5-9-19/h3-13,17H,2,14-16H2,1H3,(H,26,27). The fraction of sp³-hybridized carbons (Fsp3) is 0.208. The molecule has 156 valence electrons. The minimum absolute atomic E-state index is 0.265. The highest BCUT2D eigenvalue weighted by Crippen LogP contribution is 2.28. The molecule has 0 unspecified atom stereocenters. The van der Waals surface area contributed by atoms with E-state index in [1.54, 1.807) is 18.2 Å².